The summed E-state index contributed by atoms with van der Waals surface area (Å²) in [6.45, 7) is 0. The molecule has 0 N–H and O–H groups in total. The molecule has 0 aliphatic heterocycles. The average molecular weight is 754 g/mol. The lowest BCUT2D eigenvalue weighted by Crippen LogP contribution is -3.61. The zero-order chi connectivity index (χ0) is 14.2. The van der Waals surface area contributed by atoms with E-state index < -0.39 is 0 Å². The fourth-order valence-corrected chi connectivity index (χ4v) is 8.17. The van der Waals surface area contributed by atoms with Crippen molar-refractivity contribution in [2.24, 2.45) is 0 Å². The van der Waals surface area contributed by atoms with Crippen LogP contribution in [0.25, 0.3) is 0 Å². The Kier molecular flexibility index (Phi) is 6.91. The van der Waals surface area contributed by atoms with Crippen molar-refractivity contribution in [3.8, 4) is 0 Å². The predicted octanol–water partition coefficient (Wildman–Crippen LogP) is 4.39. The number of benzene rings is 2. The van der Waals surface area contributed by atoms with Gasteiger partial charge in [-0.15, -0.1) is 0 Å². The Bertz CT molecular complexity index is 585. The molecule has 100 valence electrons. The summed E-state index contributed by atoms with van der Waals surface area (Å²) in [7, 11) is 0. The Morgan fingerprint density at radius 2 is 0.789 bits per heavy atom. The van der Waals surface area contributed by atoms with Gasteiger partial charge in [0.15, 0.2) is 0 Å². The second-order valence-corrected chi connectivity index (χ2v) is 11.4. The van der Waals surface area contributed by atoms with Crippen LogP contribution in [0.15, 0.2) is 51.1 Å². The molecule has 0 radical (unpaired) electrons. The van der Waals surface area contributed by atoms with E-state index in [1.54, 1.807) is 0 Å². The lowest BCUT2D eigenvalue weighted by atomic mass is 10.4. The Morgan fingerprint density at radius 3 is 1.16 bits per heavy atom. The van der Waals surface area contributed by atoms with Crippen LogP contribution in [0, 0.1) is 7.14 Å². The van der Waals surface area contributed by atoms with Crippen LogP contribution in [0.4, 0.5) is 0 Å². The van der Waals surface area contributed by atoms with Crippen molar-refractivity contribution < 1.29 is 21.2 Å². The molecule has 0 atom stereocenters. The normalized spacial score (nSPS) is 10.8. The summed E-state index contributed by atoms with van der Waals surface area (Å²) in [6, 6.07) is 8.51. The van der Waals surface area contributed by atoms with E-state index in [-0.39, 0.29) is 21.2 Å². The molecular formula is C12H4Br6I+. The van der Waals surface area contributed by atoms with Crippen molar-refractivity contribution in [1.29, 1.82) is 0 Å². The maximum atomic E-state index is 3.64. The molecule has 0 amide bonds. The summed E-state index contributed by atoms with van der Waals surface area (Å²) in [5.41, 5.74) is 0. The van der Waals surface area contributed by atoms with Crippen LogP contribution in [-0.2, 0) is 0 Å². The molecule has 0 aliphatic rings. The molecular weight excluding hydrogens is 750 g/mol. The fourth-order valence-electron chi connectivity index (χ4n) is 1.25. The highest BCUT2D eigenvalue weighted by Crippen LogP contribution is 2.28. The first-order chi connectivity index (χ1) is 8.88. The highest BCUT2D eigenvalue weighted by Gasteiger charge is 2.24. The van der Waals surface area contributed by atoms with Gasteiger partial charge in [-0.05, 0) is 108 Å². The molecule has 2 aromatic carbocycles. The summed E-state index contributed by atoms with van der Waals surface area (Å²) >= 11 is 21.2. The largest absolute Gasteiger partial charge is 0.360 e. The number of hydrogen-bond acceptors (Lipinski definition) is 0. The van der Waals surface area contributed by atoms with Crippen LogP contribution in [0.5, 0.6) is 0 Å². The zero-order valence-electron chi connectivity index (χ0n) is 8.96. The Labute approximate surface area is 172 Å². The molecule has 0 fully saturated rings. The minimum atomic E-state index is -0.269. The maximum Gasteiger partial charge on any atom is 0.360 e. The summed E-state index contributed by atoms with van der Waals surface area (Å²) in [5.74, 6) is 0. The second-order valence-electron chi connectivity index (χ2n) is 3.46. The van der Waals surface area contributed by atoms with E-state index in [1.807, 2.05) is 0 Å². The van der Waals surface area contributed by atoms with Gasteiger partial charge in [-0.1, -0.05) is 0 Å². The average Bonchev–Trinajstić information content (AvgIpc) is 2.32. The minimum absolute atomic E-state index is 0.269. The third-order valence-electron chi connectivity index (χ3n) is 2.13. The molecule has 2 aromatic rings. The van der Waals surface area contributed by atoms with Crippen molar-refractivity contribution in [1.82, 2.24) is 0 Å². The van der Waals surface area contributed by atoms with E-state index in [0.29, 0.717) is 0 Å². The van der Waals surface area contributed by atoms with Crippen molar-refractivity contribution in [2.75, 3.05) is 0 Å². The number of hydrogen-bond donors (Lipinski definition) is 0. The standard InChI is InChI=1S/C12H4Br6I/c13-5-1-9(17)11(3-7(5)15)19-12-4-8(16)6(14)2-10(12)18/h1-4H/q+1. The number of rotatable bonds is 2. The molecule has 0 heterocycles. The summed E-state index contributed by atoms with van der Waals surface area (Å²) in [4.78, 5) is 0. The van der Waals surface area contributed by atoms with Gasteiger partial charge in [0, 0.05) is 30.0 Å². The fraction of sp³-hybridized carbons (Fsp3) is 0. The Morgan fingerprint density at radius 1 is 0.474 bits per heavy atom. The molecule has 2 rings (SSSR count). The first-order valence-corrected chi connectivity index (χ1v) is 11.7. The van der Waals surface area contributed by atoms with Gasteiger partial charge in [0.1, 0.15) is 0 Å². The molecule has 0 saturated heterocycles. The first-order valence-electron chi connectivity index (χ1n) is 4.82. The van der Waals surface area contributed by atoms with E-state index in [2.05, 4.69) is 120 Å². The smallest absolute Gasteiger partial charge is 0.0496 e. The molecule has 0 bridgehead atoms. The predicted molar refractivity (Wildman–Crippen MR) is 96.5 cm³/mol. The maximum absolute atomic E-state index is 3.64. The monoisotopic (exact) mass is 748 g/mol. The first kappa shape index (κ1) is 17.4. The molecule has 7 heteroatoms. The molecule has 19 heavy (non-hydrogen) atoms. The molecule has 0 nitrogen and oxygen atoms in total. The SMILES string of the molecule is Brc1cc(Br)c([I+]c2cc(Br)c(Br)cc2Br)cc1Br. The van der Waals surface area contributed by atoms with Crippen LogP contribution in [0.3, 0.4) is 0 Å². The Hall–Kier alpha value is 2.05. The van der Waals surface area contributed by atoms with E-state index in [1.165, 1.54) is 7.14 Å². The van der Waals surface area contributed by atoms with Gasteiger partial charge in [0.25, 0.3) is 0 Å². The highest BCUT2D eigenvalue weighted by atomic mass is 127. The summed E-state index contributed by atoms with van der Waals surface area (Å²) in [5, 5.41) is 0. The van der Waals surface area contributed by atoms with Gasteiger partial charge in [-0.2, -0.15) is 0 Å². The van der Waals surface area contributed by atoms with Gasteiger partial charge in [-0.25, -0.2) is 0 Å². The zero-order valence-corrected chi connectivity index (χ0v) is 20.6. The Balaban J connectivity index is 2.42. The van der Waals surface area contributed by atoms with E-state index in [0.717, 1.165) is 26.8 Å². The van der Waals surface area contributed by atoms with Crippen LogP contribution >= 0.6 is 95.6 Å². The van der Waals surface area contributed by atoms with Gasteiger partial charge in [-0.3, -0.25) is 0 Å². The molecule has 0 spiro atoms. The van der Waals surface area contributed by atoms with Gasteiger partial charge >= 0.3 is 21.2 Å². The van der Waals surface area contributed by atoms with Crippen molar-refractivity contribution in [2.45, 2.75) is 0 Å². The topological polar surface area (TPSA) is 0 Å². The number of halogens is 7. The van der Waals surface area contributed by atoms with E-state index >= 15 is 0 Å². The van der Waals surface area contributed by atoms with Crippen LogP contribution in [0.1, 0.15) is 0 Å². The molecule has 0 saturated carbocycles. The van der Waals surface area contributed by atoms with E-state index in [4.69, 9.17) is 0 Å². The highest BCUT2D eigenvalue weighted by molar-refractivity contribution is 9.13. The van der Waals surface area contributed by atoms with Gasteiger partial charge < -0.3 is 0 Å². The molecule has 0 aliphatic carbocycles. The quantitative estimate of drug-likeness (QED) is 0.316. The van der Waals surface area contributed by atoms with Crippen LogP contribution in [-0.4, -0.2) is 0 Å². The van der Waals surface area contributed by atoms with Gasteiger partial charge in [0.2, 0.25) is 7.14 Å². The minimum Gasteiger partial charge on any atom is -0.0496 e. The van der Waals surface area contributed by atoms with E-state index in [9.17, 15) is 0 Å². The van der Waals surface area contributed by atoms with Crippen molar-refractivity contribution >= 4 is 95.6 Å². The summed E-state index contributed by atoms with van der Waals surface area (Å²) in [6.07, 6.45) is 0. The third kappa shape index (κ3) is 4.51. The van der Waals surface area contributed by atoms with Crippen molar-refractivity contribution in [3.05, 3.63) is 58.2 Å². The lowest BCUT2D eigenvalue weighted by molar-refractivity contribution is -0.599. The molecule has 0 unspecified atom stereocenters. The summed E-state index contributed by atoms with van der Waals surface area (Å²) < 4.78 is 9.23. The van der Waals surface area contributed by atoms with Gasteiger partial charge in [0.05, 0.1) is 8.95 Å². The third-order valence-corrected chi connectivity index (χ3v) is 11.6. The van der Waals surface area contributed by atoms with Crippen LogP contribution in [0.2, 0.25) is 0 Å². The van der Waals surface area contributed by atoms with Crippen molar-refractivity contribution in [3.63, 3.8) is 0 Å². The lowest BCUT2D eigenvalue weighted by Gasteiger charge is -2.00. The molecule has 0 aromatic heterocycles. The van der Waals surface area contributed by atoms with Crippen LogP contribution < -0.4 is 21.2 Å². The second kappa shape index (κ2) is 7.55.